The molecule has 0 aliphatic carbocycles. The van der Waals surface area contributed by atoms with Crippen molar-refractivity contribution in [3.05, 3.63) is 76.4 Å². The Morgan fingerprint density at radius 3 is 1.89 bits per heavy atom. The maximum atomic E-state index is 12.0. The highest BCUT2D eigenvalue weighted by atomic mass is 35.5. The molecule has 2 aromatic carbocycles. The summed E-state index contributed by atoms with van der Waals surface area (Å²) in [4.78, 5) is 2.15. The van der Waals surface area contributed by atoms with Crippen molar-refractivity contribution in [1.82, 2.24) is 10.2 Å². The number of nitrogens with zero attached hydrogens (tertiary/aromatic N) is 3. The SMILES string of the molecule is COc1ccc(CN(Cc2ccc(OC)cc2)c2cc([C@@H](C)CC(C)(C)S(N)=O)c(Cl)nn2)cc1. The molecule has 9 heteroatoms. The first-order valence-corrected chi connectivity index (χ1v) is 12.9. The van der Waals surface area contributed by atoms with E-state index in [0.29, 0.717) is 30.5 Å². The van der Waals surface area contributed by atoms with Crippen molar-refractivity contribution in [3.63, 3.8) is 0 Å². The van der Waals surface area contributed by atoms with E-state index in [1.165, 1.54) is 0 Å². The molecule has 35 heavy (non-hydrogen) atoms. The van der Waals surface area contributed by atoms with E-state index >= 15 is 0 Å². The van der Waals surface area contributed by atoms with Crippen LogP contribution >= 0.6 is 11.6 Å². The van der Waals surface area contributed by atoms with E-state index in [4.69, 9.17) is 26.2 Å². The van der Waals surface area contributed by atoms with Crippen LogP contribution in [0.2, 0.25) is 5.15 Å². The minimum Gasteiger partial charge on any atom is -0.497 e. The van der Waals surface area contributed by atoms with Gasteiger partial charge in [-0.2, -0.15) is 0 Å². The highest BCUT2D eigenvalue weighted by Gasteiger charge is 2.28. The van der Waals surface area contributed by atoms with E-state index in [1.807, 2.05) is 75.4 Å². The highest BCUT2D eigenvalue weighted by molar-refractivity contribution is 7.84. The number of anilines is 1. The first kappa shape index (κ1) is 26.9. The molecule has 0 fully saturated rings. The van der Waals surface area contributed by atoms with Crippen molar-refractivity contribution in [1.29, 1.82) is 0 Å². The van der Waals surface area contributed by atoms with Crippen molar-refractivity contribution in [2.75, 3.05) is 19.1 Å². The molecule has 0 aliphatic heterocycles. The summed E-state index contributed by atoms with van der Waals surface area (Å²) in [5.74, 6) is 2.30. The van der Waals surface area contributed by atoms with Crippen LogP contribution in [0.1, 0.15) is 49.8 Å². The molecule has 1 aromatic heterocycles. The number of halogens is 1. The zero-order chi connectivity index (χ0) is 25.6. The lowest BCUT2D eigenvalue weighted by atomic mass is 9.92. The number of ether oxygens (including phenoxy) is 2. The Bertz CT molecular complexity index is 1090. The van der Waals surface area contributed by atoms with E-state index in [2.05, 4.69) is 15.1 Å². The summed E-state index contributed by atoms with van der Waals surface area (Å²) in [5.41, 5.74) is 3.06. The number of methoxy groups -OCH3 is 2. The molecule has 1 heterocycles. The molecule has 0 radical (unpaired) electrons. The number of hydrogen-bond donors (Lipinski definition) is 1. The fraction of sp³-hybridized carbons (Fsp3) is 0.385. The van der Waals surface area contributed by atoms with Crippen LogP contribution in [0.4, 0.5) is 5.82 Å². The van der Waals surface area contributed by atoms with Crippen LogP contribution in [0, 0.1) is 0 Å². The van der Waals surface area contributed by atoms with Crippen molar-refractivity contribution in [2.45, 2.75) is 50.9 Å². The Morgan fingerprint density at radius 2 is 1.46 bits per heavy atom. The summed E-state index contributed by atoms with van der Waals surface area (Å²) >= 11 is 6.46. The second-order valence-corrected chi connectivity index (χ2v) is 11.2. The molecule has 0 spiro atoms. The zero-order valence-electron chi connectivity index (χ0n) is 20.8. The average Bonchev–Trinajstić information content (AvgIpc) is 2.84. The van der Waals surface area contributed by atoms with Gasteiger partial charge in [-0.15, -0.1) is 10.2 Å². The third kappa shape index (κ3) is 7.16. The first-order valence-electron chi connectivity index (χ1n) is 11.3. The Balaban J connectivity index is 1.94. The lowest BCUT2D eigenvalue weighted by Gasteiger charge is -2.27. The quantitative estimate of drug-likeness (QED) is 0.374. The molecule has 7 nitrogen and oxygen atoms in total. The van der Waals surface area contributed by atoms with Gasteiger partial charge in [0.25, 0.3) is 0 Å². The summed E-state index contributed by atoms with van der Waals surface area (Å²) in [6.45, 7) is 7.04. The predicted molar refractivity (Wildman–Crippen MR) is 142 cm³/mol. The van der Waals surface area contributed by atoms with Crippen molar-refractivity contribution >= 4 is 28.4 Å². The molecule has 3 aromatic rings. The van der Waals surface area contributed by atoms with E-state index in [1.54, 1.807) is 14.2 Å². The van der Waals surface area contributed by atoms with Gasteiger partial charge in [0.05, 0.1) is 30.0 Å². The van der Waals surface area contributed by atoms with Gasteiger partial charge in [-0.25, -0.2) is 4.21 Å². The number of benzene rings is 2. The number of aromatic nitrogens is 2. The van der Waals surface area contributed by atoms with Gasteiger partial charge in [-0.3, -0.25) is 5.14 Å². The van der Waals surface area contributed by atoms with E-state index in [9.17, 15) is 4.21 Å². The molecule has 0 amide bonds. The van der Waals surface area contributed by atoms with Crippen molar-refractivity contribution in [3.8, 4) is 11.5 Å². The highest BCUT2D eigenvalue weighted by Crippen LogP contribution is 2.33. The summed E-state index contributed by atoms with van der Waals surface area (Å²) < 4.78 is 22.0. The molecule has 2 N–H and O–H groups in total. The maximum absolute atomic E-state index is 12.0. The molecular weight excluding hydrogens is 484 g/mol. The largest absolute Gasteiger partial charge is 0.497 e. The van der Waals surface area contributed by atoms with Crippen LogP contribution < -0.4 is 19.5 Å². The van der Waals surface area contributed by atoms with Crippen molar-refractivity contribution in [2.24, 2.45) is 5.14 Å². The summed E-state index contributed by atoms with van der Waals surface area (Å²) in [6, 6.07) is 17.9. The molecule has 2 atom stereocenters. The Kier molecular flexibility index (Phi) is 9.10. The van der Waals surface area contributed by atoms with Crippen LogP contribution in [-0.4, -0.2) is 33.4 Å². The predicted octanol–water partition coefficient (Wildman–Crippen LogP) is 5.25. The fourth-order valence-corrected chi connectivity index (χ4v) is 4.62. The standard InChI is InChI=1S/C26H33ClN4O3S/c1-18(15-26(2,3)35(28)32)23-14-24(29-30-25(23)27)31(16-19-6-10-21(33-4)11-7-19)17-20-8-12-22(34-5)13-9-20/h6-14,18H,15-17,28H2,1-5H3/t18-,35?/m0/s1. The van der Waals surface area contributed by atoms with Gasteiger partial charge >= 0.3 is 0 Å². The maximum Gasteiger partial charge on any atom is 0.155 e. The molecule has 0 saturated carbocycles. The third-order valence-electron chi connectivity index (χ3n) is 6.03. The van der Waals surface area contributed by atoms with Gasteiger partial charge < -0.3 is 14.4 Å². The number of hydrogen-bond acceptors (Lipinski definition) is 6. The Labute approximate surface area is 215 Å². The van der Waals surface area contributed by atoms with Crippen LogP contribution in [0.25, 0.3) is 0 Å². The van der Waals surface area contributed by atoms with Crippen LogP contribution in [-0.2, 0) is 24.1 Å². The Hall–Kier alpha value is -2.68. The normalized spacial score (nSPS) is 13.2. The van der Waals surface area contributed by atoms with E-state index < -0.39 is 15.7 Å². The van der Waals surface area contributed by atoms with Crippen LogP contribution in [0.3, 0.4) is 0 Å². The average molecular weight is 517 g/mol. The first-order chi connectivity index (χ1) is 16.6. The molecule has 1 unspecified atom stereocenters. The van der Waals surface area contributed by atoms with Gasteiger partial charge in [0.2, 0.25) is 0 Å². The van der Waals surface area contributed by atoms with Crippen LogP contribution in [0.5, 0.6) is 11.5 Å². The summed E-state index contributed by atoms with van der Waals surface area (Å²) in [7, 11) is 1.84. The minimum absolute atomic E-state index is 0.0110. The van der Waals surface area contributed by atoms with Gasteiger partial charge in [-0.05, 0) is 73.2 Å². The van der Waals surface area contributed by atoms with Gasteiger partial charge in [0.1, 0.15) is 11.5 Å². The van der Waals surface area contributed by atoms with Gasteiger partial charge in [0.15, 0.2) is 11.0 Å². The second kappa shape index (κ2) is 11.8. The molecule has 0 aliphatic rings. The summed E-state index contributed by atoms with van der Waals surface area (Å²) in [6.07, 6.45) is 0.595. The lowest BCUT2D eigenvalue weighted by Crippen LogP contribution is -2.33. The smallest absolute Gasteiger partial charge is 0.155 e. The molecule has 0 bridgehead atoms. The van der Waals surface area contributed by atoms with Crippen molar-refractivity contribution < 1.29 is 13.7 Å². The summed E-state index contributed by atoms with van der Waals surface area (Å²) in [5, 5.41) is 14.7. The molecule has 3 rings (SSSR count). The topological polar surface area (TPSA) is 90.6 Å². The molecule has 0 saturated heterocycles. The third-order valence-corrected chi connectivity index (χ3v) is 7.58. The Morgan fingerprint density at radius 1 is 0.971 bits per heavy atom. The number of rotatable bonds is 11. The zero-order valence-corrected chi connectivity index (χ0v) is 22.4. The minimum atomic E-state index is -1.46. The molecule has 188 valence electrons. The number of nitrogens with two attached hydrogens (primary N) is 1. The van der Waals surface area contributed by atoms with Gasteiger partial charge in [-0.1, -0.05) is 42.8 Å². The lowest BCUT2D eigenvalue weighted by molar-refractivity contribution is 0.414. The fourth-order valence-electron chi connectivity index (χ4n) is 3.93. The molecular formula is C26H33ClN4O3S. The van der Waals surface area contributed by atoms with E-state index in [0.717, 1.165) is 28.2 Å². The second-order valence-electron chi connectivity index (χ2n) is 9.16. The monoisotopic (exact) mass is 516 g/mol. The van der Waals surface area contributed by atoms with Gasteiger partial charge in [0, 0.05) is 13.1 Å². The van der Waals surface area contributed by atoms with E-state index in [-0.39, 0.29) is 5.92 Å². The van der Waals surface area contributed by atoms with Crippen LogP contribution in [0.15, 0.2) is 54.6 Å².